The number of anilines is 1. The molecule has 3 heterocycles. The summed E-state index contributed by atoms with van der Waals surface area (Å²) in [7, 11) is 0. The number of aliphatic hydroxyl groups excluding tert-OH is 1. The predicted octanol–water partition coefficient (Wildman–Crippen LogP) is 6.14. The number of aryl methyl sites for hydroxylation is 1. The summed E-state index contributed by atoms with van der Waals surface area (Å²) in [4.78, 5) is 40.4. The van der Waals surface area contributed by atoms with E-state index < -0.39 is 17.7 Å². The molecule has 8 heteroatoms. The lowest BCUT2D eigenvalue weighted by Gasteiger charge is -2.28. The second-order valence-electron chi connectivity index (χ2n) is 9.35. The minimum atomic E-state index is -0.745. The van der Waals surface area contributed by atoms with Gasteiger partial charge in [-0.05, 0) is 56.2 Å². The van der Waals surface area contributed by atoms with Gasteiger partial charge in [-0.2, -0.15) is 0 Å². The number of ketones is 1. The van der Waals surface area contributed by atoms with Crippen molar-refractivity contribution in [3.05, 3.63) is 112 Å². The number of hydrogen-bond donors (Lipinski definition) is 1. The molecule has 1 unspecified atom stereocenters. The van der Waals surface area contributed by atoms with Crippen LogP contribution in [0.1, 0.15) is 46.4 Å². The fourth-order valence-corrected chi connectivity index (χ4v) is 6.00. The summed E-state index contributed by atoms with van der Waals surface area (Å²) in [6.07, 6.45) is 3.32. The van der Waals surface area contributed by atoms with Gasteiger partial charge in [0.25, 0.3) is 5.91 Å². The summed E-state index contributed by atoms with van der Waals surface area (Å²) < 4.78 is 0. The quantitative estimate of drug-likeness (QED) is 0.258. The Morgan fingerprint density at radius 1 is 1.00 bits per heavy atom. The van der Waals surface area contributed by atoms with Crippen LogP contribution in [0.5, 0.6) is 0 Å². The Morgan fingerprint density at radius 2 is 1.67 bits per heavy atom. The lowest BCUT2D eigenvalue weighted by atomic mass is 9.94. The molecule has 7 nitrogen and oxygen atoms in total. The second-order valence-corrected chi connectivity index (χ2v) is 10.3. The lowest BCUT2D eigenvalue weighted by Crippen LogP contribution is -2.30. The molecule has 4 aromatic rings. The first-order valence-corrected chi connectivity index (χ1v) is 13.8. The van der Waals surface area contributed by atoms with Gasteiger partial charge in [-0.15, -0.1) is 11.3 Å². The van der Waals surface area contributed by atoms with Crippen LogP contribution in [0.4, 0.5) is 5.69 Å². The summed E-state index contributed by atoms with van der Waals surface area (Å²) in [5.74, 6) is -1.47. The number of benzene rings is 2. The molecule has 198 valence electrons. The van der Waals surface area contributed by atoms with Crippen molar-refractivity contribution in [1.29, 1.82) is 0 Å². The normalized spacial score (nSPS) is 15.2. The minimum Gasteiger partial charge on any atom is -0.503 e. The second kappa shape index (κ2) is 11.2. The largest absolute Gasteiger partial charge is 0.503 e. The fraction of sp³-hybridized carbons (Fsp3) is 0.226. The molecular weight excluding hydrogens is 508 g/mol. The van der Waals surface area contributed by atoms with Gasteiger partial charge in [0.1, 0.15) is 5.01 Å². The van der Waals surface area contributed by atoms with Crippen molar-refractivity contribution in [1.82, 2.24) is 14.9 Å². The highest BCUT2D eigenvalue weighted by molar-refractivity contribution is 7.17. The van der Waals surface area contributed by atoms with E-state index in [2.05, 4.69) is 28.7 Å². The van der Waals surface area contributed by atoms with Crippen molar-refractivity contribution in [3.8, 4) is 10.6 Å². The van der Waals surface area contributed by atoms with Crippen LogP contribution in [0.2, 0.25) is 0 Å². The molecule has 39 heavy (non-hydrogen) atoms. The molecule has 2 aromatic carbocycles. The van der Waals surface area contributed by atoms with E-state index in [1.54, 1.807) is 24.2 Å². The van der Waals surface area contributed by atoms with Crippen LogP contribution in [0, 0.1) is 6.92 Å². The van der Waals surface area contributed by atoms with Crippen LogP contribution in [0.3, 0.4) is 0 Å². The molecule has 0 spiro atoms. The Balaban J connectivity index is 1.57. The number of aliphatic hydroxyl groups is 1. The number of pyridine rings is 1. The number of nitrogens with zero attached hydrogens (tertiary/aromatic N) is 4. The third-order valence-corrected chi connectivity index (χ3v) is 8.22. The number of thiazole rings is 1. The first-order valence-electron chi connectivity index (χ1n) is 13.0. The molecule has 1 aliphatic rings. The van der Waals surface area contributed by atoms with Gasteiger partial charge in [-0.1, -0.05) is 42.5 Å². The lowest BCUT2D eigenvalue weighted by molar-refractivity contribution is -0.130. The molecular formula is C31H30N4O3S. The highest BCUT2D eigenvalue weighted by atomic mass is 32.1. The van der Waals surface area contributed by atoms with Crippen molar-refractivity contribution in [3.63, 3.8) is 0 Å². The molecule has 0 bridgehead atoms. The van der Waals surface area contributed by atoms with Gasteiger partial charge < -0.3 is 14.9 Å². The van der Waals surface area contributed by atoms with Gasteiger partial charge in [-0.3, -0.25) is 14.6 Å². The maximum Gasteiger partial charge on any atom is 0.290 e. The minimum absolute atomic E-state index is 0.0796. The summed E-state index contributed by atoms with van der Waals surface area (Å²) in [5, 5.41) is 11.9. The molecule has 0 radical (unpaired) electrons. The molecule has 1 aliphatic heterocycles. The zero-order valence-electron chi connectivity index (χ0n) is 22.2. The van der Waals surface area contributed by atoms with Crippen molar-refractivity contribution in [2.75, 3.05) is 18.0 Å². The standard InChI is InChI=1S/C31H30N4O3S/c1-4-34(5-2)24-13-11-22(12-14-24)26-25(28(37)31(38)35(26)19-21-15-17-32-18-16-21)27(36)29-20(3)33-30(39-29)23-9-7-6-8-10-23/h6-18,26,37H,4-5,19H2,1-3H3. The topological polar surface area (TPSA) is 86.6 Å². The Morgan fingerprint density at radius 3 is 2.31 bits per heavy atom. The zero-order valence-corrected chi connectivity index (χ0v) is 23.0. The Hall–Kier alpha value is -4.30. The van der Waals surface area contributed by atoms with Gasteiger partial charge in [0.15, 0.2) is 5.76 Å². The summed E-state index contributed by atoms with van der Waals surface area (Å²) in [5.41, 5.74) is 4.22. The Bertz CT molecular complexity index is 1510. The number of Topliss-reactive ketones (excluding diaryl/α,β-unsaturated/α-hetero) is 1. The van der Waals surface area contributed by atoms with E-state index in [9.17, 15) is 14.7 Å². The highest BCUT2D eigenvalue weighted by Gasteiger charge is 2.44. The van der Waals surface area contributed by atoms with Crippen LogP contribution in [0.15, 0.2) is 90.5 Å². The van der Waals surface area contributed by atoms with Crippen LogP contribution >= 0.6 is 11.3 Å². The average Bonchev–Trinajstić information content (AvgIpc) is 3.48. The summed E-state index contributed by atoms with van der Waals surface area (Å²) in [6.45, 7) is 7.94. The van der Waals surface area contributed by atoms with Crippen molar-refractivity contribution < 1.29 is 14.7 Å². The first-order chi connectivity index (χ1) is 18.9. The number of carbonyl (C=O) groups is 2. The average molecular weight is 539 g/mol. The molecule has 1 amide bonds. The van der Waals surface area contributed by atoms with Crippen LogP contribution in [-0.2, 0) is 11.3 Å². The maximum absolute atomic E-state index is 14.1. The maximum atomic E-state index is 14.1. The molecule has 2 aromatic heterocycles. The van der Waals surface area contributed by atoms with E-state index in [-0.39, 0.29) is 17.9 Å². The van der Waals surface area contributed by atoms with E-state index >= 15 is 0 Å². The van der Waals surface area contributed by atoms with Gasteiger partial charge in [0.05, 0.1) is 22.2 Å². The van der Waals surface area contributed by atoms with Crippen LogP contribution in [0.25, 0.3) is 10.6 Å². The van der Waals surface area contributed by atoms with Crippen LogP contribution < -0.4 is 4.90 Å². The SMILES string of the molecule is CCN(CC)c1ccc(C2C(C(=O)c3sc(-c4ccccc4)nc3C)=C(O)C(=O)N2Cc2ccncc2)cc1. The van der Waals surface area contributed by atoms with Crippen molar-refractivity contribution in [2.45, 2.75) is 33.4 Å². The van der Waals surface area contributed by atoms with Crippen LogP contribution in [-0.4, -0.2) is 44.8 Å². The number of aromatic nitrogens is 2. The van der Waals surface area contributed by atoms with Crippen molar-refractivity contribution >= 4 is 28.7 Å². The fourth-order valence-electron chi connectivity index (χ4n) is 4.97. The highest BCUT2D eigenvalue weighted by Crippen LogP contribution is 2.42. The number of carbonyl (C=O) groups excluding carboxylic acids is 2. The molecule has 0 saturated carbocycles. The molecule has 0 saturated heterocycles. The monoisotopic (exact) mass is 538 g/mol. The molecule has 5 rings (SSSR count). The number of hydrogen-bond acceptors (Lipinski definition) is 7. The molecule has 1 atom stereocenters. The Labute approximate surface area is 232 Å². The van der Waals surface area contributed by atoms with Gasteiger partial charge >= 0.3 is 0 Å². The number of rotatable bonds is 9. The molecule has 0 aliphatic carbocycles. The van der Waals surface area contributed by atoms with Gasteiger partial charge in [0.2, 0.25) is 5.78 Å². The van der Waals surface area contributed by atoms with E-state index in [0.29, 0.717) is 10.6 Å². The third kappa shape index (κ3) is 5.07. The predicted molar refractivity (Wildman–Crippen MR) is 154 cm³/mol. The third-order valence-electron chi connectivity index (χ3n) is 7.01. The smallest absolute Gasteiger partial charge is 0.290 e. The van der Waals surface area contributed by atoms with E-state index in [1.807, 2.05) is 66.7 Å². The van der Waals surface area contributed by atoms with Gasteiger partial charge in [0, 0.05) is 43.3 Å². The van der Waals surface area contributed by atoms with E-state index in [1.165, 1.54) is 11.3 Å². The summed E-state index contributed by atoms with van der Waals surface area (Å²) in [6, 6.07) is 20.4. The molecule has 1 N–H and O–H groups in total. The van der Waals surface area contributed by atoms with Crippen molar-refractivity contribution in [2.24, 2.45) is 0 Å². The molecule has 0 fully saturated rings. The van der Waals surface area contributed by atoms with Gasteiger partial charge in [-0.25, -0.2) is 4.98 Å². The first kappa shape index (κ1) is 26.3. The van der Waals surface area contributed by atoms with E-state index in [0.717, 1.165) is 40.5 Å². The number of amides is 1. The Kier molecular flexibility index (Phi) is 7.56. The van der Waals surface area contributed by atoms with E-state index in [4.69, 9.17) is 0 Å². The summed E-state index contributed by atoms with van der Waals surface area (Å²) >= 11 is 1.27. The zero-order chi connectivity index (χ0) is 27.5.